The molecular formula is C18H14Cl2N6O2. The number of β-lactam (4-membered cyclic amide) rings is 1. The molecule has 2 atom stereocenters. The minimum Gasteiger partial charge on any atom is -0.271 e. The molecule has 8 nitrogen and oxygen atoms in total. The van der Waals surface area contributed by atoms with Crippen molar-refractivity contribution in [2.75, 3.05) is 0 Å². The maximum absolute atomic E-state index is 12.5. The first-order chi connectivity index (χ1) is 13.5. The molecule has 0 aliphatic carbocycles. The molecule has 2 amide bonds. The summed E-state index contributed by atoms with van der Waals surface area (Å²) in [7, 11) is 0. The lowest BCUT2D eigenvalue weighted by atomic mass is 9.95. The molecule has 0 bridgehead atoms. The van der Waals surface area contributed by atoms with E-state index >= 15 is 0 Å². The Kier molecular flexibility index (Phi) is 4.97. The fourth-order valence-corrected chi connectivity index (χ4v) is 3.46. The molecule has 1 aliphatic heterocycles. The maximum atomic E-state index is 12.5. The zero-order valence-corrected chi connectivity index (χ0v) is 15.9. The zero-order valence-electron chi connectivity index (χ0n) is 14.4. The Morgan fingerprint density at radius 2 is 1.82 bits per heavy atom. The van der Waals surface area contributed by atoms with Crippen molar-refractivity contribution in [2.24, 2.45) is 0 Å². The van der Waals surface area contributed by atoms with Crippen molar-refractivity contribution < 1.29 is 9.59 Å². The number of tetrazole rings is 1. The number of alkyl halides is 1. The number of nitrogens with one attached hydrogen (secondary N) is 1. The van der Waals surface area contributed by atoms with E-state index in [0.717, 1.165) is 11.1 Å². The number of hydrogen-bond donors (Lipinski definition) is 1. The molecule has 3 aromatic rings. The van der Waals surface area contributed by atoms with Crippen LogP contribution >= 0.6 is 23.2 Å². The van der Waals surface area contributed by atoms with Gasteiger partial charge in [-0.3, -0.25) is 15.0 Å². The monoisotopic (exact) mass is 416 g/mol. The van der Waals surface area contributed by atoms with Gasteiger partial charge in [-0.1, -0.05) is 54.1 Å². The normalized spacial score (nSPS) is 18.6. The number of nitrogens with zero attached hydrogens (tertiary/aromatic N) is 5. The molecule has 2 heterocycles. The first kappa shape index (κ1) is 18.4. The van der Waals surface area contributed by atoms with Crippen LogP contribution < -0.4 is 5.43 Å². The third-order valence-corrected chi connectivity index (χ3v) is 5.02. The first-order valence-electron chi connectivity index (χ1n) is 8.38. The Bertz CT molecular complexity index is 1010. The number of rotatable bonds is 5. The van der Waals surface area contributed by atoms with Crippen molar-refractivity contribution in [3.05, 3.63) is 65.2 Å². The molecule has 10 heteroatoms. The van der Waals surface area contributed by atoms with E-state index < -0.39 is 17.3 Å². The SMILES string of the molecule is O=C(Cn1nnnc1-c1ccccc1)NN1C(=O)C(Cl)C1c1ccc(Cl)cc1. The summed E-state index contributed by atoms with van der Waals surface area (Å²) in [6.07, 6.45) is 0. The Balaban J connectivity index is 1.47. The summed E-state index contributed by atoms with van der Waals surface area (Å²) in [5.41, 5.74) is 4.14. The van der Waals surface area contributed by atoms with Crippen LogP contribution in [-0.2, 0) is 16.1 Å². The van der Waals surface area contributed by atoms with Crippen LogP contribution in [0.15, 0.2) is 54.6 Å². The Morgan fingerprint density at radius 1 is 1.11 bits per heavy atom. The predicted molar refractivity (Wildman–Crippen MR) is 102 cm³/mol. The standard InChI is InChI=1S/C18H14Cl2N6O2/c19-13-8-6-11(7-9-13)16-15(20)18(28)26(16)22-14(27)10-25-17(21-23-24-25)12-4-2-1-3-5-12/h1-9,15-16H,10H2,(H,22,27). The highest BCUT2D eigenvalue weighted by Gasteiger charge is 2.48. The Morgan fingerprint density at radius 3 is 2.54 bits per heavy atom. The van der Waals surface area contributed by atoms with E-state index in [4.69, 9.17) is 23.2 Å². The molecule has 142 valence electrons. The molecule has 1 saturated heterocycles. The van der Waals surface area contributed by atoms with Crippen molar-refractivity contribution in [3.8, 4) is 11.4 Å². The van der Waals surface area contributed by atoms with Gasteiger partial charge in [-0.2, -0.15) is 0 Å². The van der Waals surface area contributed by atoms with Gasteiger partial charge in [-0.15, -0.1) is 16.7 Å². The fourth-order valence-electron chi connectivity index (χ4n) is 2.97. The van der Waals surface area contributed by atoms with Crippen molar-refractivity contribution in [2.45, 2.75) is 18.0 Å². The fraction of sp³-hybridized carbons (Fsp3) is 0.167. The maximum Gasteiger partial charge on any atom is 0.262 e. The summed E-state index contributed by atoms with van der Waals surface area (Å²) < 4.78 is 1.37. The third kappa shape index (κ3) is 3.44. The summed E-state index contributed by atoms with van der Waals surface area (Å²) in [5, 5.41) is 12.5. The largest absolute Gasteiger partial charge is 0.271 e. The quantitative estimate of drug-likeness (QED) is 0.508. The van der Waals surface area contributed by atoms with E-state index in [1.54, 1.807) is 24.3 Å². The van der Waals surface area contributed by atoms with Gasteiger partial charge in [-0.05, 0) is 28.1 Å². The number of aromatic nitrogens is 4. The summed E-state index contributed by atoms with van der Waals surface area (Å²) in [4.78, 5) is 24.6. The van der Waals surface area contributed by atoms with Gasteiger partial charge in [0.2, 0.25) is 0 Å². The molecule has 28 heavy (non-hydrogen) atoms. The number of hydrazine groups is 1. The van der Waals surface area contributed by atoms with E-state index in [2.05, 4.69) is 21.0 Å². The van der Waals surface area contributed by atoms with Crippen LogP contribution in [0.4, 0.5) is 0 Å². The van der Waals surface area contributed by atoms with Gasteiger partial charge >= 0.3 is 0 Å². The van der Waals surface area contributed by atoms with Crippen molar-refractivity contribution >= 4 is 35.0 Å². The minimum absolute atomic E-state index is 0.151. The predicted octanol–water partition coefficient (Wildman–Crippen LogP) is 2.22. The van der Waals surface area contributed by atoms with Gasteiger partial charge in [0.15, 0.2) is 5.82 Å². The zero-order chi connectivity index (χ0) is 19.7. The second-order valence-corrected chi connectivity index (χ2v) is 7.07. The number of amides is 2. The van der Waals surface area contributed by atoms with Crippen molar-refractivity contribution in [1.29, 1.82) is 0 Å². The Hall–Kier alpha value is -2.97. The molecule has 4 rings (SSSR count). The molecule has 0 spiro atoms. The second kappa shape index (κ2) is 7.57. The number of carbonyl (C=O) groups excluding carboxylic acids is 2. The minimum atomic E-state index is -0.755. The average molecular weight is 417 g/mol. The molecule has 2 aromatic carbocycles. The van der Waals surface area contributed by atoms with Gasteiger partial charge in [-0.25, -0.2) is 9.69 Å². The molecule has 1 aliphatic rings. The van der Waals surface area contributed by atoms with Gasteiger partial charge in [0.05, 0.1) is 0 Å². The summed E-state index contributed by atoms with van der Waals surface area (Å²) >= 11 is 12.1. The van der Waals surface area contributed by atoms with Crippen LogP contribution in [0.25, 0.3) is 11.4 Å². The van der Waals surface area contributed by atoms with Crippen LogP contribution in [0.5, 0.6) is 0 Å². The number of halogens is 2. The van der Waals surface area contributed by atoms with Crippen LogP contribution in [0.2, 0.25) is 5.02 Å². The molecular weight excluding hydrogens is 403 g/mol. The Labute approximate surface area is 170 Å². The first-order valence-corrected chi connectivity index (χ1v) is 9.19. The van der Waals surface area contributed by atoms with E-state index in [0.29, 0.717) is 10.8 Å². The second-order valence-electron chi connectivity index (χ2n) is 6.17. The van der Waals surface area contributed by atoms with Gasteiger partial charge in [0.25, 0.3) is 11.8 Å². The van der Waals surface area contributed by atoms with E-state index in [9.17, 15) is 9.59 Å². The highest BCUT2D eigenvalue weighted by Crippen LogP contribution is 2.37. The summed E-state index contributed by atoms with van der Waals surface area (Å²) in [6.45, 7) is -0.151. The van der Waals surface area contributed by atoms with Crippen LogP contribution in [0, 0.1) is 0 Å². The summed E-state index contributed by atoms with van der Waals surface area (Å²) in [6, 6.07) is 15.7. The molecule has 1 fully saturated rings. The molecule has 1 N–H and O–H groups in total. The highest BCUT2D eigenvalue weighted by atomic mass is 35.5. The van der Waals surface area contributed by atoms with E-state index in [1.807, 2.05) is 30.3 Å². The smallest absolute Gasteiger partial charge is 0.262 e. The number of carbonyl (C=O) groups is 2. The van der Waals surface area contributed by atoms with Gasteiger partial charge in [0, 0.05) is 10.6 Å². The van der Waals surface area contributed by atoms with Crippen LogP contribution in [0.1, 0.15) is 11.6 Å². The van der Waals surface area contributed by atoms with Crippen molar-refractivity contribution in [3.63, 3.8) is 0 Å². The number of benzene rings is 2. The van der Waals surface area contributed by atoms with Crippen molar-refractivity contribution in [1.82, 2.24) is 30.6 Å². The van der Waals surface area contributed by atoms with Gasteiger partial charge < -0.3 is 0 Å². The van der Waals surface area contributed by atoms with Gasteiger partial charge in [0.1, 0.15) is 18.0 Å². The topological polar surface area (TPSA) is 93.0 Å². The number of hydrogen-bond acceptors (Lipinski definition) is 5. The lowest BCUT2D eigenvalue weighted by Gasteiger charge is -2.43. The molecule has 1 aromatic heterocycles. The lowest BCUT2D eigenvalue weighted by molar-refractivity contribution is -0.156. The summed E-state index contributed by atoms with van der Waals surface area (Å²) in [5.74, 6) is -0.370. The van der Waals surface area contributed by atoms with E-state index in [1.165, 1.54) is 9.69 Å². The molecule has 0 radical (unpaired) electrons. The van der Waals surface area contributed by atoms with Crippen LogP contribution in [0.3, 0.4) is 0 Å². The average Bonchev–Trinajstić information content (AvgIpc) is 3.17. The third-order valence-electron chi connectivity index (χ3n) is 4.34. The lowest BCUT2D eigenvalue weighted by Crippen LogP contribution is -2.63. The molecule has 2 unspecified atom stereocenters. The van der Waals surface area contributed by atoms with E-state index in [-0.39, 0.29) is 12.5 Å². The highest BCUT2D eigenvalue weighted by molar-refractivity contribution is 6.33. The van der Waals surface area contributed by atoms with Crippen LogP contribution in [-0.4, -0.2) is 42.4 Å². The molecule has 0 saturated carbocycles.